The van der Waals surface area contributed by atoms with Gasteiger partial charge in [0.25, 0.3) is 0 Å². The van der Waals surface area contributed by atoms with E-state index in [1.54, 1.807) is 20.2 Å². The zero-order valence-corrected chi connectivity index (χ0v) is 11.3. The van der Waals surface area contributed by atoms with E-state index >= 15 is 0 Å². The summed E-state index contributed by atoms with van der Waals surface area (Å²) < 4.78 is 5.31. The van der Waals surface area contributed by atoms with Crippen molar-refractivity contribution in [1.29, 1.82) is 0 Å². The van der Waals surface area contributed by atoms with Crippen molar-refractivity contribution in [2.75, 3.05) is 7.11 Å². The second-order valence-electron chi connectivity index (χ2n) is 4.65. The average molecular weight is 249 g/mol. The molecule has 1 aromatic rings. The van der Waals surface area contributed by atoms with E-state index in [0.717, 1.165) is 22.6 Å². The molecule has 0 aliphatic rings. The van der Waals surface area contributed by atoms with Crippen LogP contribution in [0.1, 0.15) is 23.7 Å². The van der Waals surface area contributed by atoms with E-state index in [4.69, 9.17) is 4.74 Å². The Bertz CT molecular complexity index is 482. The highest BCUT2D eigenvalue weighted by atomic mass is 16.5. The molecule has 0 radical (unpaired) electrons. The maximum absolute atomic E-state index is 11.3. The first-order chi connectivity index (χ1) is 8.35. The molecule has 4 heteroatoms. The van der Waals surface area contributed by atoms with Crippen molar-refractivity contribution < 1.29 is 14.6 Å². The number of aryl methyl sites for hydroxylation is 1. The third-order valence-electron chi connectivity index (χ3n) is 3.22. The zero-order chi connectivity index (χ0) is 13.9. The normalized spacial score (nSPS) is 13.8. The van der Waals surface area contributed by atoms with Gasteiger partial charge in [0.15, 0.2) is 0 Å². The van der Waals surface area contributed by atoms with Gasteiger partial charge in [0.2, 0.25) is 0 Å². The molecule has 0 aromatic carbocycles. The van der Waals surface area contributed by atoms with Gasteiger partial charge in [-0.3, -0.25) is 9.78 Å². The van der Waals surface area contributed by atoms with E-state index in [1.165, 1.54) is 6.08 Å². The summed E-state index contributed by atoms with van der Waals surface area (Å²) >= 11 is 0. The maximum atomic E-state index is 11.3. The molecule has 0 amide bonds. The zero-order valence-electron chi connectivity index (χ0n) is 11.3. The fraction of sp³-hybridized carbons (Fsp3) is 0.429. The molecule has 98 valence electrons. The lowest BCUT2D eigenvalue weighted by molar-refractivity contribution is -0.145. The van der Waals surface area contributed by atoms with Crippen LogP contribution in [0.5, 0.6) is 5.75 Å². The van der Waals surface area contributed by atoms with E-state index in [2.05, 4.69) is 11.6 Å². The number of nitrogens with zero attached hydrogens (tertiary/aromatic N) is 1. The van der Waals surface area contributed by atoms with Gasteiger partial charge in [-0.2, -0.15) is 0 Å². The second kappa shape index (κ2) is 5.21. The molecule has 18 heavy (non-hydrogen) atoms. The number of rotatable bonds is 5. The van der Waals surface area contributed by atoms with E-state index < -0.39 is 11.4 Å². The topological polar surface area (TPSA) is 59.4 Å². The van der Waals surface area contributed by atoms with Gasteiger partial charge in [-0.1, -0.05) is 6.08 Å². The van der Waals surface area contributed by atoms with E-state index in [-0.39, 0.29) is 0 Å². The van der Waals surface area contributed by atoms with Crippen LogP contribution in [0.25, 0.3) is 0 Å². The first-order valence-electron chi connectivity index (χ1n) is 5.71. The molecule has 0 saturated carbocycles. The summed E-state index contributed by atoms with van der Waals surface area (Å²) in [5, 5.41) is 9.24. The molecule has 0 saturated heterocycles. The minimum Gasteiger partial charge on any atom is -0.496 e. The Kier molecular flexibility index (Phi) is 4.11. The van der Waals surface area contributed by atoms with Gasteiger partial charge < -0.3 is 9.84 Å². The molecule has 0 spiro atoms. The number of pyridine rings is 1. The van der Waals surface area contributed by atoms with Crippen LogP contribution < -0.4 is 4.74 Å². The number of aliphatic carboxylic acids is 1. The smallest absolute Gasteiger partial charge is 0.313 e. The number of methoxy groups -OCH3 is 1. The van der Waals surface area contributed by atoms with Gasteiger partial charge in [-0.15, -0.1) is 6.58 Å². The first kappa shape index (κ1) is 14.2. The van der Waals surface area contributed by atoms with Crippen molar-refractivity contribution in [2.45, 2.75) is 27.2 Å². The Balaban J connectivity index is 3.20. The van der Waals surface area contributed by atoms with Gasteiger partial charge in [-0.05, 0) is 20.8 Å². The van der Waals surface area contributed by atoms with Crippen molar-refractivity contribution in [2.24, 2.45) is 5.41 Å². The highest BCUT2D eigenvalue weighted by Gasteiger charge is 2.31. The van der Waals surface area contributed by atoms with Crippen LogP contribution in [0.3, 0.4) is 0 Å². The molecule has 0 aliphatic heterocycles. The Morgan fingerprint density at radius 1 is 1.61 bits per heavy atom. The van der Waals surface area contributed by atoms with Gasteiger partial charge in [0, 0.05) is 29.4 Å². The number of ether oxygens (including phenoxy) is 1. The van der Waals surface area contributed by atoms with Crippen molar-refractivity contribution in [3.05, 3.63) is 35.7 Å². The lowest BCUT2D eigenvalue weighted by Crippen LogP contribution is -2.28. The second-order valence-corrected chi connectivity index (χ2v) is 4.65. The third-order valence-corrected chi connectivity index (χ3v) is 3.22. The van der Waals surface area contributed by atoms with Crippen molar-refractivity contribution in [1.82, 2.24) is 4.98 Å². The maximum Gasteiger partial charge on any atom is 0.313 e. The predicted molar refractivity (Wildman–Crippen MR) is 69.9 cm³/mol. The van der Waals surface area contributed by atoms with Gasteiger partial charge >= 0.3 is 5.97 Å². The van der Waals surface area contributed by atoms with Crippen LogP contribution in [-0.4, -0.2) is 23.2 Å². The molecule has 1 heterocycles. The molecule has 1 N–H and O–H groups in total. The molecule has 1 aromatic heterocycles. The van der Waals surface area contributed by atoms with Crippen LogP contribution in [0.4, 0.5) is 0 Å². The van der Waals surface area contributed by atoms with E-state index in [0.29, 0.717) is 6.42 Å². The number of hydrogen-bond donors (Lipinski definition) is 1. The van der Waals surface area contributed by atoms with Crippen LogP contribution >= 0.6 is 0 Å². The molecule has 0 bridgehead atoms. The Morgan fingerprint density at radius 3 is 2.67 bits per heavy atom. The van der Waals surface area contributed by atoms with Crippen LogP contribution in [0, 0.1) is 19.3 Å². The number of carboxylic acid groups (broad SMARTS) is 1. The van der Waals surface area contributed by atoms with Crippen molar-refractivity contribution in [3.8, 4) is 5.75 Å². The average Bonchev–Trinajstić information content (AvgIpc) is 2.33. The first-order valence-corrected chi connectivity index (χ1v) is 5.71. The predicted octanol–water partition coefficient (Wildman–Crippen LogP) is 2.53. The van der Waals surface area contributed by atoms with Crippen molar-refractivity contribution in [3.63, 3.8) is 0 Å². The summed E-state index contributed by atoms with van der Waals surface area (Å²) in [7, 11) is 1.60. The van der Waals surface area contributed by atoms with Gasteiger partial charge in [-0.25, -0.2) is 0 Å². The molecule has 1 rings (SSSR count). The molecule has 1 atom stereocenters. The SMILES string of the molecule is C=CC(C)(Cc1ncc(C)c(OC)c1C)C(=O)O. The number of carboxylic acids is 1. The molecular formula is C14H19NO3. The van der Waals surface area contributed by atoms with Crippen LogP contribution in [0.2, 0.25) is 0 Å². The van der Waals surface area contributed by atoms with Crippen molar-refractivity contribution >= 4 is 5.97 Å². The highest BCUT2D eigenvalue weighted by molar-refractivity contribution is 5.76. The quantitative estimate of drug-likeness (QED) is 0.815. The fourth-order valence-electron chi connectivity index (χ4n) is 1.83. The Labute approximate surface area is 107 Å². The minimum atomic E-state index is -1.02. The number of carbonyl (C=O) groups is 1. The van der Waals surface area contributed by atoms with E-state index in [1.807, 2.05) is 13.8 Å². The summed E-state index contributed by atoms with van der Waals surface area (Å²) in [6.07, 6.45) is 3.45. The third kappa shape index (κ3) is 2.53. The van der Waals surface area contributed by atoms with E-state index in [9.17, 15) is 9.90 Å². The fourth-order valence-corrected chi connectivity index (χ4v) is 1.83. The summed E-state index contributed by atoms with van der Waals surface area (Å²) in [5.41, 5.74) is 1.53. The van der Waals surface area contributed by atoms with Gasteiger partial charge in [0.05, 0.1) is 12.5 Å². The molecular weight excluding hydrogens is 230 g/mol. The highest BCUT2D eigenvalue weighted by Crippen LogP contribution is 2.30. The van der Waals surface area contributed by atoms with Crippen LogP contribution in [0.15, 0.2) is 18.9 Å². The van der Waals surface area contributed by atoms with Gasteiger partial charge in [0.1, 0.15) is 5.75 Å². The number of hydrogen-bond acceptors (Lipinski definition) is 3. The summed E-state index contributed by atoms with van der Waals surface area (Å²) in [6.45, 7) is 9.03. The Morgan fingerprint density at radius 2 is 2.22 bits per heavy atom. The molecule has 4 nitrogen and oxygen atoms in total. The summed E-state index contributed by atoms with van der Waals surface area (Å²) in [6, 6.07) is 0. The standard InChI is InChI=1S/C14H19NO3/c1-6-14(4,13(16)17)7-11-10(3)12(18-5)9(2)8-15-11/h6,8H,1,7H2,2-5H3,(H,16,17). The summed E-state index contributed by atoms with van der Waals surface area (Å²) in [4.78, 5) is 15.6. The molecule has 1 unspecified atom stereocenters. The Hall–Kier alpha value is -1.84. The number of aromatic nitrogens is 1. The van der Waals surface area contributed by atoms with Crippen LogP contribution in [-0.2, 0) is 11.2 Å². The monoisotopic (exact) mass is 249 g/mol. The largest absolute Gasteiger partial charge is 0.496 e. The summed E-state index contributed by atoms with van der Waals surface area (Å²) in [5.74, 6) is -0.143. The lowest BCUT2D eigenvalue weighted by Gasteiger charge is -2.21. The lowest BCUT2D eigenvalue weighted by atomic mass is 9.84. The molecule has 0 fully saturated rings. The minimum absolute atomic E-state index is 0.300. The molecule has 0 aliphatic carbocycles.